The molecule has 42 heavy (non-hydrogen) atoms. The van der Waals surface area contributed by atoms with Crippen molar-refractivity contribution in [2.45, 2.75) is 232 Å². The second-order valence-corrected chi connectivity index (χ2v) is 13.1. The molecule has 0 rings (SSSR count). The van der Waals surface area contributed by atoms with Gasteiger partial charge in [-0.05, 0) is 38.5 Å². The van der Waals surface area contributed by atoms with Crippen molar-refractivity contribution in [3.63, 3.8) is 0 Å². The largest absolute Gasteiger partial charge is 0.481 e. The smallest absolute Gasteiger partial charge is 0.306 e. The summed E-state index contributed by atoms with van der Waals surface area (Å²) in [5, 5.41) is 8.71. The molecular formula is C38H74O4. The molecule has 0 aromatic heterocycles. The Kier molecular flexibility index (Phi) is 33.6. The van der Waals surface area contributed by atoms with Crippen LogP contribution in [-0.4, -0.2) is 23.1 Å². The lowest BCUT2D eigenvalue weighted by molar-refractivity contribution is -0.150. The molecular weight excluding hydrogens is 520 g/mol. The summed E-state index contributed by atoms with van der Waals surface area (Å²) in [4.78, 5) is 23.1. The summed E-state index contributed by atoms with van der Waals surface area (Å²) in [6, 6.07) is 0. The molecule has 1 atom stereocenters. The van der Waals surface area contributed by atoms with Gasteiger partial charge in [0.2, 0.25) is 0 Å². The van der Waals surface area contributed by atoms with Crippen LogP contribution in [0.5, 0.6) is 0 Å². The fraction of sp³-hybridized carbons (Fsp3) is 0.947. The van der Waals surface area contributed by atoms with Crippen molar-refractivity contribution in [2.75, 3.05) is 0 Å². The Balaban J connectivity index is 3.62. The van der Waals surface area contributed by atoms with Crippen molar-refractivity contribution in [3.8, 4) is 0 Å². The summed E-state index contributed by atoms with van der Waals surface area (Å²) >= 11 is 0. The predicted molar refractivity (Wildman–Crippen MR) is 181 cm³/mol. The fourth-order valence-corrected chi connectivity index (χ4v) is 6.01. The Morgan fingerprint density at radius 3 is 1.10 bits per heavy atom. The number of carbonyl (C=O) groups excluding carboxylic acids is 1. The van der Waals surface area contributed by atoms with Gasteiger partial charge in [0.15, 0.2) is 0 Å². The van der Waals surface area contributed by atoms with Crippen LogP contribution in [0.15, 0.2) is 0 Å². The van der Waals surface area contributed by atoms with Gasteiger partial charge in [0.05, 0.1) is 0 Å². The Labute approximate surface area is 262 Å². The van der Waals surface area contributed by atoms with Gasteiger partial charge in [0.25, 0.3) is 0 Å². The Bertz CT molecular complexity index is 561. The molecule has 4 nitrogen and oxygen atoms in total. The van der Waals surface area contributed by atoms with Gasteiger partial charge >= 0.3 is 11.9 Å². The van der Waals surface area contributed by atoms with Crippen LogP contribution in [0.25, 0.3) is 0 Å². The van der Waals surface area contributed by atoms with Gasteiger partial charge in [-0.15, -0.1) is 0 Å². The molecule has 0 aliphatic rings. The monoisotopic (exact) mass is 595 g/mol. The minimum absolute atomic E-state index is 0.0157. The molecule has 0 amide bonds. The number of esters is 1. The van der Waals surface area contributed by atoms with Crippen LogP contribution in [0.3, 0.4) is 0 Å². The van der Waals surface area contributed by atoms with Gasteiger partial charge < -0.3 is 9.84 Å². The molecule has 0 aliphatic heterocycles. The first kappa shape index (κ1) is 40.9. The first-order valence-electron chi connectivity index (χ1n) is 19.0. The molecule has 0 bridgehead atoms. The maximum atomic E-state index is 12.5. The number of ether oxygens (including phenoxy) is 1. The zero-order valence-electron chi connectivity index (χ0n) is 28.6. The molecule has 0 saturated heterocycles. The number of aliphatic carboxylic acids is 1. The average molecular weight is 595 g/mol. The topological polar surface area (TPSA) is 63.6 Å². The second kappa shape index (κ2) is 34.4. The SMILES string of the molecule is CCCCCCCCCCCCCCCCCCCCCC(=O)OC(CCCCC)CCCCCCCCCC(=O)O. The molecule has 0 radical (unpaired) electrons. The van der Waals surface area contributed by atoms with Crippen LogP contribution in [0.4, 0.5) is 0 Å². The predicted octanol–water partition coefficient (Wildman–Crippen LogP) is 12.9. The van der Waals surface area contributed by atoms with Gasteiger partial charge in [-0.25, -0.2) is 0 Å². The van der Waals surface area contributed by atoms with E-state index in [1.165, 1.54) is 141 Å². The molecule has 0 aromatic rings. The van der Waals surface area contributed by atoms with Gasteiger partial charge in [0.1, 0.15) is 6.10 Å². The normalized spacial score (nSPS) is 12.0. The van der Waals surface area contributed by atoms with Crippen LogP contribution in [0.1, 0.15) is 226 Å². The Hall–Kier alpha value is -1.06. The molecule has 0 saturated carbocycles. The van der Waals surface area contributed by atoms with E-state index in [9.17, 15) is 9.59 Å². The molecule has 0 spiro atoms. The van der Waals surface area contributed by atoms with E-state index in [1.807, 2.05) is 0 Å². The quantitative estimate of drug-likeness (QED) is 0.0585. The Morgan fingerprint density at radius 2 is 0.714 bits per heavy atom. The third kappa shape index (κ3) is 33.4. The summed E-state index contributed by atoms with van der Waals surface area (Å²) < 4.78 is 5.92. The fourth-order valence-electron chi connectivity index (χ4n) is 6.01. The van der Waals surface area contributed by atoms with Gasteiger partial charge in [0, 0.05) is 12.8 Å². The molecule has 0 aromatic carbocycles. The van der Waals surface area contributed by atoms with Gasteiger partial charge in [-0.2, -0.15) is 0 Å². The van der Waals surface area contributed by atoms with Crippen molar-refractivity contribution in [3.05, 3.63) is 0 Å². The van der Waals surface area contributed by atoms with E-state index >= 15 is 0 Å². The van der Waals surface area contributed by atoms with Crippen molar-refractivity contribution in [1.82, 2.24) is 0 Å². The number of hydrogen-bond acceptors (Lipinski definition) is 3. The average Bonchev–Trinajstić information content (AvgIpc) is 2.97. The first-order valence-corrected chi connectivity index (χ1v) is 19.0. The zero-order chi connectivity index (χ0) is 30.8. The van der Waals surface area contributed by atoms with E-state index < -0.39 is 5.97 Å². The number of rotatable bonds is 35. The third-order valence-corrected chi connectivity index (χ3v) is 8.83. The van der Waals surface area contributed by atoms with E-state index in [0.29, 0.717) is 12.8 Å². The second-order valence-electron chi connectivity index (χ2n) is 13.1. The van der Waals surface area contributed by atoms with Crippen LogP contribution in [0, 0.1) is 0 Å². The summed E-state index contributed by atoms with van der Waals surface area (Å²) in [7, 11) is 0. The van der Waals surface area contributed by atoms with Crippen molar-refractivity contribution in [2.24, 2.45) is 0 Å². The van der Waals surface area contributed by atoms with Crippen LogP contribution < -0.4 is 0 Å². The van der Waals surface area contributed by atoms with Crippen LogP contribution >= 0.6 is 0 Å². The van der Waals surface area contributed by atoms with E-state index in [0.717, 1.165) is 57.8 Å². The number of carboxylic acids is 1. The van der Waals surface area contributed by atoms with Gasteiger partial charge in [-0.3, -0.25) is 9.59 Å². The minimum Gasteiger partial charge on any atom is -0.481 e. The van der Waals surface area contributed by atoms with E-state index in [2.05, 4.69) is 13.8 Å². The molecule has 250 valence electrons. The van der Waals surface area contributed by atoms with Crippen LogP contribution in [0.2, 0.25) is 0 Å². The highest BCUT2D eigenvalue weighted by Gasteiger charge is 2.14. The number of carboxylic acid groups (broad SMARTS) is 1. The highest BCUT2D eigenvalue weighted by molar-refractivity contribution is 5.69. The summed E-state index contributed by atoms with van der Waals surface area (Å²) in [6.45, 7) is 4.51. The molecule has 1 unspecified atom stereocenters. The summed E-state index contributed by atoms with van der Waals surface area (Å²) in [5.41, 5.74) is 0. The van der Waals surface area contributed by atoms with Crippen molar-refractivity contribution in [1.29, 1.82) is 0 Å². The number of carbonyl (C=O) groups is 2. The van der Waals surface area contributed by atoms with E-state index in [-0.39, 0.29) is 12.1 Å². The lowest BCUT2D eigenvalue weighted by atomic mass is 10.0. The third-order valence-electron chi connectivity index (χ3n) is 8.83. The Morgan fingerprint density at radius 1 is 0.429 bits per heavy atom. The standard InChI is InChI=1S/C38H74O4/c1-3-5-7-8-9-10-11-12-13-14-15-16-17-18-19-20-24-27-31-35-38(41)42-36(32-28-6-4-2)33-29-25-22-21-23-26-30-34-37(39)40/h36H,3-35H2,1-2H3,(H,39,40). The van der Waals surface area contributed by atoms with Gasteiger partial charge in [-0.1, -0.05) is 174 Å². The van der Waals surface area contributed by atoms with Crippen LogP contribution in [-0.2, 0) is 14.3 Å². The maximum absolute atomic E-state index is 12.5. The molecule has 1 N–H and O–H groups in total. The summed E-state index contributed by atoms with van der Waals surface area (Å²) in [6.07, 6.45) is 40.1. The molecule has 0 fully saturated rings. The lowest BCUT2D eigenvalue weighted by Gasteiger charge is -2.18. The molecule has 4 heteroatoms. The highest BCUT2D eigenvalue weighted by atomic mass is 16.5. The number of unbranched alkanes of at least 4 members (excludes halogenated alkanes) is 26. The maximum Gasteiger partial charge on any atom is 0.306 e. The molecule has 0 heterocycles. The van der Waals surface area contributed by atoms with E-state index in [4.69, 9.17) is 9.84 Å². The number of hydrogen-bond donors (Lipinski definition) is 1. The van der Waals surface area contributed by atoms with E-state index in [1.54, 1.807) is 0 Å². The minimum atomic E-state index is -0.686. The molecule has 0 aliphatic carbocycles. The summed E-state index contributed by atoms with van der Waals surface area (Å²) in [5.74, 6) is -0.670. The van der Waals surface area contributed by atoms with Crippen molar-refractivity contribution >= 4 is 11.9 Å². The lowest BCUT2D eigenvalue weighted by Crippen LogP contribution is -2.18. The zero-order valence-corrected chi connectivity index (χ0v) is 28.6. The highest BCUT2D eigenvalue weighted by Crippen LogP contribution is 2.18. The van der Waals surface area contributed by atoms with Crippen molar-refractivity contribution < 1.29 is 19.4 Å². The first-order chi connectivity index (χ1) is 20.6.